The molecule has 0 fully saturated rings. The van der Waals surface area contributed by atoms with E-state index in [1.807, 2.05) is 0 Å². The van der Waals surface area contributed by atoms with Crippen molar-refractivity contribution in [2.75, 3.05) is 5.32 Å². The zero-order chi connectivity index (χ0) is 19.4. The molecule has 0 aliphatic carbocycles. The number of halogens is 2. The molecule has 2 aromatic carbocycles. The highest BCUT2D eigenvalue weighted by atomic mass is 32.2. The Labute approximate surface area is 155 Å². The van der Waals surface area contributed by atoms with E-state index in [0.29, 0.717) is 16.0 Å². The van der Waals surface area contributed by atoms with Gasteiger partial charge in [-0.25, -0.2) is 13.8 Å². The molecular weight excluding hydrogens is 378 g/mol. The van der Waals surface area contributed by atoms with Gasteiger partial charge < -0.3 is 5.32 Å². The summed E-state index contributed by atoms with van der Waals surface area (Å²) in [7, 11) is 0. The Morgan fingerprint density at radius 3 is 2.70 bits per heavy atom. The quantitative estimate of drug-likeness (QED) is 0.523. The van der Waals surface area contributed by atoms with Gasteiger partial charge in [-0.15, -0.1) is 0 Å². The number of nitrogens with one attached hydrogen (secondary N) is 1. The van der Waals surface area contributed by atoms with Crippen LogP contribution in [0.2, 0.25) is 0 Å². The van der Waals surface area contributed by atoms with E-state index >= 15 is 0 Å². The molecule has 1 aromatic heterocycles. The summed E-state index contributed by atoms with van der Waals surface area (Å²) in [5, 5.41) is 13.4. The summed E-state index contributed by atoms with van der Waals surface area (Å²) in [6.45, 7) is 0. The minimum absolute atomic E-state index is 0.0753. The molecule has 1 amide bonds. The topological polar surface area (TPSA) is 98.0 Å². The number of carbonyl (C=O) groups is 1. The fourth-order valence-corrected chi connectivity index (χ4v) is 2.89. The van der Waals surface area contributed by atoms with Gasteiger partial charge in [0.15, 0.2) is 0 Å². The second kappa shape index (κ2) is 7.87. The van der Waals surface area contributed by atoms with Crippen molar-refractivity contribution in [3.8, 4) is 0 Å². The van der Waals surface area contributed by atoms with Crippen LogP contribution in [0.5, 0.6) is 0 Å². The molecule has 0 radical (unpaired) electrons. The fourth-order valence-electron chi connectivity index (χ4n) is 2.07. The van der Waals surface area contributed by atoms with Crippen molar-refractivity contribution in [3.05, 3.63) is 82.3 Å². The first-order valence-electron chi connectivity index (χ1n) is 7.43. The third-order valence-electron chi connectivity index (χ3n) is 3.28. The second-order valence-electron chi connectivity index (χ2n) is 5.18. The van der Waals surface area contributed by atoms with Crippen LogP contribution >= 0.6 is 11.8 Å². The number of benzene rings is 2. The van der Waals surface area contributed by atoms with Crippen molar-refractivity contribution in [1.29, 1.82) is 0 Å². The van der Waals surface area contributed by atoms with Crippen molar-refractivity contribution >= 4 is 29.0 Å². The lowest BCUT2D eigenvalue weighted by molar-refractivity contribution is -0.385. The first kappa shape index (κ1) is 18.4. The summed E-state index contributed by atoms with van der Waals surface area (Å²) in [6, 6.07) is 8.66. The van der Waals surface area contributed by atoms with Gasteiger partial charge >= 0.3 is 0 Å². The zero-order valence-corrected chi connectivity index (χ0v) is 14.2. The average Bonchev–Trinajstić information content (AvgIpc) is 2.64. The molecule has 3 rings (SSSR count). The van der Waals surface area contributed by atoms with Crippen LogP contribution in [-0.2, 0) is 0 Å². The van der Waals surface area contributed by atoms with Gasteiger partial charge in [0.25, 0.3) is 11.6 Å². The van der Waals surface area contributed by atoms with Crippen molar-refractivity contribution < 1.29 is 18.5 Å². The maximum Gasteiger partial charge on any atom is 0.275 e. The van der Waals surface area contributed by atoms with Gasteiger partial charge in [-0.05, 0) is 18.2 Å². The number of nitro groups is 1. The maximum atomic E-state index is 13.6. The number of rotatable bonds is 5. The predicted octanol–water partition coefficient (Wildman–Crippen LogP) is 4.07. The number of non-ortho nitro benzene ring substituents is 1. The van der Waals surface area contributed by atoms with E-state index < -0.39 is 22.5 Å². The number of carbonyl (C=O) groups excluding carboxylic acids is 1. The van der Waals surface area contributed by atoms with Crippen LogP contribution in [0.3, 0.4) is 0 Å². The summed E-state index contributed by atoms with van der Waals surface area (Å²) in [6.07, 6.45) is 2.58. The van der Waals surface area contributed by atoms with Crippen molar-refractivity contribution in [3.63, 3.8) is 0 Å². The molecule has 7 nitrogen and oxygen atoms in total. The van der Waals surface area contributed by atoms with Gasteiger partial charge in [0.2, 0.25) is 0 Å². The minimum atomic E-state index is -0.918. The summed E-state index contributed by atoms with van der Waals surface area (Å²) in [5.41, 5.74) is -0.359. The van der Waals surface area contributed by atoms with E-state index in [1.165, 1.54) is 30.6 Å². The molecule has 136 valence electrons. The molecule has 1 N–H and O–H groups in total. The Morgan fingerprint density at radius 2 is 1.96 bits per heavy atom. The Hall–Kier alpha value is -3.40. The number of amides is 1. The average molecular weight is 388 g/mol. The largest absolute Gasteiger partial charge is 0.318 e. The Bertz CT molecular complexity index is 1030. The number of hydrogen-bond acceptors (Lipinski definition) is 6. The molecular formula is C17H10F2N4O3S. The first-order valence-corrected chi connectivity index (χ1v) is 8.25. The molecule has 10 heteroatoms. The molecule has 0 spiro atoms. The molecule has 0 bridgehead atoms. The molecule has 0 atom stereocenters. The van der Waals surface area contributed by atoms with Crippen LogP contribution < -0.4 is 5.32 Å². The van der Waals surface area contributed by atoms with E-state index in [2.05, 4.69) is 15.3 Å². The van der Waals surface area contributed by atoms with Gasteiger partial charge in [0.05, 0.1) is 23.0 Å². The van der Waals surface area contributed by atoms with Crippen LogP contribution in [0.25, 0.3) is 0 Å². The SMILES string of the molecule is O=C(Nc1ccc(F)cc1F)c1cncc(Sc2cccc([N+](=O)[O-])c2)n1. The molecule has 0 unspecified atom stereocenters. The maximum absolute atomic E-state index is 13.6. The van der Waals surface area contributed by atoms with Crippen LogP contribution in [0.1, 0.15) is 10.5 Å². The van der Waals surface area contributed by atoms with E-state index in [4.69, 9.17) is 0 Å². The van der Waals surface area contributed by atoms with Gasteiger partial charge in [-0.3, -0.25) is 19.9 Å². The Kier molecular flexibility index (Phi) is 5.36. The normalized spacial score (nSPS) is 10.4. The lowest BCUT2D eigenvalue weighted by Gasteiger charge is -2.07. The van der Waals surface area contributed by atoms with Gasteiger partial charge in [-0.2, -0.15) is 0 Å². The third kappa shape index (κ3) is 4.61. The molecule has 0 saturated carbocycles. The lowest BCUT2D eigenvalue weighted by atomic mass is 10.3. The number of hydrogen-bond donors (Lipinski definition) is 1. The van der Waals surface area contributed by atoms with Gasteiger partial charge in [0.1, 0.15) is 22.4 Å². The zero-order valence-electron chi connectivity index (χ0n) is 13.4. The summed E-state index contributed by atoms with van der Waals surface area (Å²) < 4.78 is 26.6. The van der Waals surface area contributed by atoms with E-state index in [1.54, 1.807) is 6.07 Å². The summed E-state index contributed by atoms with van der Waals surface area (Å²) >= 11 is 1.08. The number of nitro benzene ring substituents is 1. The standard InChI is InChI=1S/C17H10F2N4O3S/c18-10-4-5-14(13(19)6-10)22-17(24)15-8-20-9-16(21-15)27-12-3-1-2-11(7-12)23(25)26/h1-9H,(H,22,24). The molecule has 0 saturated heterocycles. The molecule has 27 heavy (non-hydrogen) atoms. The van der Waals surface area contributed by atoms with Crippen LogP contribution in [0.4, 0.5) is 20.2 Å². The van der Waals surface area contributed by atoms with Crippen LogP contribution in [0.15, 0.2) is 64.8 Å². The van der Waals surface area contributed by atoms with Crippen molar-refractivity contribution in [1.82, 2.24) is 9.97 Å². The molecule has 3 aromatic rings. The van der Waals surface area contributed by atoms with E-state index in [9.17, 15) is 23.7 Å². The lowest BCUT2D eigenvalue weighted by Crippen LogP contribution is -2.15. The molecule has 0 aliphatic heterocycles. The fraction of sp³-hybridized carbons (Fsp3) is 0. The van der Waals surface area contributed by atoms with Gasteiger partial charge in [-0.1, -0.05) is 17.8 Å². The van der Waals surface area contributed by atoms with Crippen LogP contribution in [-0.4, -0.2) is 20.8 Å². The number of nitrogens with zero attached hydrogens (tertiary/aromatic N) is 3. The first-order chi connectivity index (χ1) is 12.9. The van der Waals surface area contributed by atoms with Crippen LogP contribution in [0, 0.1) is 21.7 Å². The highest BCUT2D eigenvalue weighted by Gasteiger charge is 2.14. The number of aromatic nitrogens is 2. The number of anilines is 1. The predicted molar refractivity (Wildman–Crippen MR) is 93.6 cm³/mol. The molecule has 1 heterocycles. The molecule has 0 aliphatic rings. The van der Waals surface area contributed by atoms with E-state index in [0.717, 1.165) is 23.9 Å². The van der Waals surface area contributed by atoms with Crippen molar-refractivity contribution in [2.24, 2.45) is 0 Å². The third-order valence-corrected chi connectivity index (χ3v) is 4.17. The van der Waals surface area contributed by atoms with E-state index in [-0.39, 0.29) is 17.1 Å². The van der Waals surface area contributed by atoms with Crippen molar-refractivity contribution in [2.45, 2.75) is 9.92 Å². The second-order valence-corrected chi connectivity index (χ2v) is 6.27. The minimum Gasteiger partial charge on any atom is -0.318 e. The highest BCUT2D eigenvalue weighted by Crippen LogP contribution is 2.28. The monoisotopic (exact) mass is 388 g/mol. The highest BCUT2D eigenvalue weighted by molar-refractivity contribution is 7.99. The summed E-state index contributed by atoms with van der Waals surface area (Å²) in [5.74, 6) is -2.41. The Balaban J connectivity index is 1.77. The summed E-state index contributed by atoms with van der Waals surface area (Å²) in [4.78, 5) is 31.1. The Morgan fingerprint density at radius 1 is 1.15 bits per heavy atom. The van der Waals surface area contributed by atoms with Gasteiger partial charge in [0, 0.05) is 23.1 Å². The smallest absolute Gasteiger partial charge is 0.275 e.